The molecule has 0 radical (unpaired) electrons. The summed E-state index contributed by atoms with van der Waals surface area (Å²) in [6, 6.07) is 10.7. The molecule has 17 heavy (non-hydrogen) atoms. The second kappa shape index (κ2) is 6.05. The lowest BCUT2D eigenvalue weighted by Crippen LogP contribution is -2.04. The molecule has 0 saturated carbocycles. The smallest absolute Gasteiger partial charge is 0.0337 e. The summed E-state index contributed by atoms with van der Waals surface area (Å²) in [6.07, 6.45) is 0. The van der Waals surface area contributed by atoms with Crippen molar-refractivity contribution in [2.45, 2.75) is 23.6 Å². The van der Waals surface area contributed by atoms with Crippen LogP contribution in [0.15, 0.2) is 45.1 Å². The molecule has 2 rings (SSSR count). The molecule has 0 aliphatic heterocycles. The second-order valence-electron chi connectivity index (χ2n) is 3.84. The highest BCUT2D eigenvalue weighted by molar-refractivity contribution is 9.10. The Morgan fingerprint density at radius 1 is 1.29 bits per heavy atom. The number of thiophene rings is 1. The van der Waals surface area contributed by atoms with Gasteiger partial charge in [0.05, 0.1) is 0 Å². The molecule has 0 amide bonds. The van der Waals surface area contributed by atoms with E-state index in [2.05, 4.69) is 51.6 Å². The predicted molar refractivity (Wildman–Crippen MR) is 80.6 cm³/mol. The van der Waals surface area contributed by atoms with Gasteiger partial charge >= 0.3 is 0 Å². The molecule has 2 aromatic rings. The zero-order valence-electron chi connectivity index (χ0n) is 9.52. The van der Waals surface area contributed by atoms with E-state index in [1.54, 1.807) is 11.3 Å². The maximum atomic E-state index is 5.82. The van der Waals surface area contributed by atoms with Gasteiger partial charge in [0.25, 0.3) is 0 Å². The molecule has 1 nitrogen and oxygen atoms in total. The van der Waals surface area contributed by atoms with Crippen molar-refractivity contribution < 1.29 is 0 Å². The maximum Gasteiger partial charge on any atom is 0.0337 e. The van der Waals surface area contributed by atoms with Crippen LogP contribution in [-0.4, -0.2) is 0 Å². The van der Waals surface area contributed by atoms with Gasteiger partial charge in [0.15, 0.2) is 0 Å². The van der Waals surface area contributed by atoms with Gasteiger partial charge in [0.2, 0.25) is 0 Å². The first-order valence-electron chi connectivity index (χ1n) is 5.37. The highest BCUT2D eigenvalue weighted by atomic mass is 79.9. The van der Waals surface area contributed by atoms with Crippen LogP contribution >= 0.6 is 39.0 Å². The molecule has 0 spiro atoms. The molecular weight excluding hydrogens is 314 g/mol. The largest absolute Gasteiger partial charge is 0.324 e. The van der Waals surface area contributed by atoms with Gasteiger partial charge in [-0.25, -0.2) is 0 Å². The van der Waals surface area contributed by atoms with Crippen LogP contribution in [0.25, 0.3) is 0 Å². The maximum absolute atomic E-state index is 5.82. The van der Waals surface area contributed by atoms with Gasteiger partial charge in [-0.05, 0) is 52.0 Å². The molecule has 0 aliphatic carbocycles. The number of halogens is 1. The van der Waals surface area contributed by atoms with E-state index in [9.17, 15) is 0 Å². The summed E-state index contributed by atoms with van der Waals surface area (Å²) in [5, 5.41) is 2.11. The van der Waals surface area contributed by atoms with E-state index in [4.69, 9.17) is 5.73 Å². The number of thioether (sulfide) groups is 1. The van der Waals surface area contributed by atoms with Gasteiger partial charge in [-0.15, -0.1) is 23.1 Å². The average Bonchev–Trinajstić information content (AvgIpc) is 2.73. The molecule has 90 valence electrons. The third kappa shape index (κ3) is 3.58. The summed E-state index contributed by atoms with van der Waals surface area (Å²) >= 11 is 7.19. The Balaban J connectivity index is 1.98. The minimum Gasteiger partial charge on any atom is -0.324 e. The molecule has 0 fully saturated rings. The normalized spacial score (nSPS) is 12.6. The Hall–Kier alpha value is -0.290. The number of rotatable bonds is 4. The lowest BCUT2D eigenvalue weighted by Gasteiger charge is -2.06. The van der Waals surface area contributed by atoms with Crippen molar-refractivity contribution in [2.75, 3.05) is 0 Å². The van der Waals surface area contributed by atoms with Crippen LogP contribution in [0.2, 0.25) is 0 Å². The summed E-state index contributed by atoms with van der Waals surface area (Å²) in [7, 11) is 0. The number of hydrogen-bond donors (Lipinski definition) is 1. The highest BCUT2D eigenvalue weighted by Gasteiger charge is 2.03. The fourth-order valence-electron chi connectivity index (χ4n) is 1.44. The minimum atomic E-state index is 0.112. The van der Waals surface area contributed by atoms with Crippen LogP contribution in [0.4, 0.5) is 0 Å². The summed E-state index contributed by atoms with van der Waals surface area (Å²) in [5.74, 6) is 1.01. The lowest BCUT2D eigenvalue weighted by atomic mass is 10.1. The van der Waals surface area contributed by atoms with Crippen molar-refractivity contribution in [3.8, 4) is 0 Å². The zero-order valence-corrected chi connectivity index (χ0v) is 12.7. The van der Waals surface area contributed by atoms with Crippen molar-refractivity contribution in [2.24, 2.45) is 5.73 Å². The quantitative estimate of drug-likeness (QED) is 0.814. The van der Waals surface area contributed by atoms with E-state index >= 15 is 0 Å². The Labute approximate surface area is 119 Å². The van der Waals surface area contributed by atoms with Crippen LogP contribution in [0, 0.1) is 0 Å². The first-order valence-corrected chi connectivity index (χ1v) is 8.03. The molecule has 1 unspecified atom stereocenters. The molecule has 0 bridgehead atoms. The number of benzene rings is 1. The lowest BCUT2D eigenvalue weighted by molar-refractivity contribution is 0.817. The van der Waals surface area contributed by atoms with E-state index in [1.807, 2.05) is 18.7 Å². The van der Waals surface area contributed by atoms with Gasteiger partial charge in [0.1, 0.15) is 0 Å². The summed E-state index contributed by atoms with van der Waals surface area (Å²) in [6.45, 7) is 2.00. The van der Waals surface area contributed by atoms with Crippen molar-refractivity contribution in [1.82, 2.24) is 0 Å². The Bertz CT molecular complexity index is 476. The molecule has 1 heterocycles. The summed E-state index contributed by atoms with van der Waals surface area (Å²) < 4.78 is 1.21. The SMILES string of the molecule is CC(N)c1ccc(SCc2sccc2Br)cc1. The third-order valence-electron chi connectivity index (χ3n) is 2.47. The zero-order chi connectivity index (χ0) is 12.3. The predicted octanol–water partition coefficient (Wildman–Crippen LogP) is 4.82. The van der Waals surface area contributed by atoms with Crippen molar-refractivity contribution in [3.05, 3.63) is 50.6 Å². The van der Waals surface area contributed by atoms with Gasteiger partial charge in [-0.3, -0.25) is 0 Å². The number of hydrogen-bond acceptors (Lipinski definition) is 3. The monoisotopic (exact) mass is 327 g/mol. The first-order chi connectivity index (χ1) is 8.16. The summed E-state index contributed by atoms with van der Waals surface area (Å²) in [5.41, 5.74) is 7.01. The Morgan fingerprint density at radius 3 is 2.53 bits per heavy atom. The third-order valence-corrected chi connectivity index (χ3v) is 5.61. The van der Waals surface area contributed by atoms with Crippen molar-refractivity contribution in [3.63, 3.8) is 0 Å². The molecule has 2 N–H and O–H groups in total. The van der Waals surface area contributed by atoms with Crippen LogP contribution in [0.1, 0.15) is 23.4 Å². The topological polar surface area (TPSA) is 26.0 Å². The Kier molecular flexibility index (Phi) is 4.68. The van der Waals surface area contributed by atoms with Crippen LogP contribution < -0.4 is 5.73 Å². The molecule has 1 aromatic carbocycles. The number of nitrogens with two attached hydrogens (primary N) is 1. The molecule has 1 aromatic heterocycles. The Morgan fingerprint density at radius 2 is 2.00 bits per heavy atom. The van der Waals surface area contributed by atoms with Gasteiger partial charge in [0, 0.05) is 26.0 Å². The minimum absolute atomic E-state index is 0.112. The molecule has 0 aliphatic rings. The van der Waals surface area contributed by atoms with E-state index in [1.165, 1.54) is 19.8 Å². The van der Waals surface area contributed by atoms with E-state index in [0.29, 0.717) is 0 Å². The van der Waals surface area contributed by atoms with Crippen molar-refractivity contribution >= 4 is 39.0 Å². The van der Waals surface area contributed by atoms with Gasteiger partial charge < -0.3 is 5.73 Å². The first kappa shape index (κ1) is 13.1. The average molecular weight is 328 g/mol. The summed E-state index contributed by atoms with van der Waals surface area (Å²) in [4.78, 5) is 2.67. The molecule has 4 heteroatoms. The van der Waals surface area contributed by atoms with E-state index < -0.39 is 0 Å². The molecule has 1 atom stereocenters. The standard InChI is InChI=1S/C13H14BrNS2/c1-9(15)10-2-4-11(5-3-10)17-8-13-12(14)6-7-16-13/h2-7,9H,8,15H2,1H3. The van der Waals surface area contributed by atoms with Gasteiger partial charge in [-0.2, -0.15) is 0 Å². The van der Waals surface area contributed by atoms with Gasteiger partial charge in [-0.1, -0.05) is 12.1 Å². The van der Waals surface area contributed by atoms with E-state index in [0.717, 1.165) is 5.75 Å². The fraction of sp³-hybridized carbons (Fsp3) is 0.231. The molecular formula is C13H14BrNS2. The van der Waals surface area contributed by atoms with E-state index in [-0.39, 0.29) is 6.04 Å². The molecule has 0 saturated heterocycles. The van der Waals surface area contributed by atoms with Crippen LogP contribution in [-0.2, 0) is 5.75 Å². The highest BCUT2D eigenvalue weighted by Crippen LogP contribution is 2.30. The van der Waals surface area contributed by atoms with Crippen LogP contribution in [0.3, 0.4) is 0 Å². The second-order valence-corrected chi connectivity index (χ2v) is 6.74. The van der Waals surface area contributed by atoms with Crippen molar-refractivity contribution in [1.29, 1.82) is 0 Å². The fourth-order valence-corrected chi connectivity index (χ4v) is 4.14. The van der Waals surface area contributed by atoms with Crippen LogP contribution in [0.5, 0.6) is 0 Å².